The fourth-order valence-electron chi connectivity index (χ4n) is 4.27. The van der Waals surface area contributed by atoms with Crippen LogP contribution in [0.1, 0.15) is 32.6 Å². The van der Waals surface area contributed by atoms with Gasteiger partial charge in [0.2, 0.25) is 0 Å². The van der Waals surface area contributed by atoms with Crippen LogP contribution < -0.4 is 0 Å². The molecule has 0 aromatic carbocycles. The molecule has 3 aliphatic heterocycles. The van der Waals surface area contributed by atoms with Gasteiger partial charge in [-0.25, -0.2) is 0 Å². The molecule has 25 heavy (non-hydrogen) atoms. The summed E-state index contributed by atoms with van der Waals surface area (Å²) in [5, 5.41) is 0. The van der Waals surface area contributed by atoms with Crippen molar-refractivity contribution in [2.45, 2.75) is 38.7 Å². The molecule has 2 unspecified atom stereocenters. The van der Waals surface area contributed by atoms with Crippen LogP contribution in [0.5, 0.6) is 0 Å². The third-order valence-corrected chi connectivity index (χ3v) is 5.81. The van der Waals surface area contributed by atoms with Gasteiger partial charge in [0.25, 0.3) is 0 Å². The van der Waals surface area contributed by atoms with Gasteiger partial charge < -0.3 is 14.4 Å². The van der Waals surface area contributed by atoms with Crippen LogP contribution in [0.3, 0.4) is 0 Å². The SMILES string of the molecule is CCOC(=O)C1CCCN(CCN2CCN(CC3CCCO3)CC2)C1. The summed E-state index contributed by atoms with van der Waals surface area (Å²) in [6, 6.07) is 0. The molecular formula is C19H35N3O3. The van der Waals surface area contributed by atoms with E-state index in [9.17, 15) is 4.79 Å². The maximum atomic E-state index is 12.0. The normalized spacial score (nSPS) is 29.8. The van der Waals surface area contributed by atoms with Gasteiger partial charge in [-0.15, -0.1) is 0 Å². The Bertz CT molecular complexity index is 407. The zero-order valence-corrected chi connectivity index (χ0v) is 15.8. The van der Waals surface area contributed by atoms with Crippen molar-refractivity contribution in [1.29, 1.82) is 0 Å². The maximum Gasteiger partial charge on any atom is 0.310 e. The average molecular weight is 354 g/mol. The number of rotatable bonds is 7. The fourth-order valence-corrected chi connectivity index (χ4v) is 4.27. The second-order valence-corrected chi connectivity index (χ2v) is 7.67. The monoisotopic (exact) mass is 353 g/mol. The summed E-state index contributed by atoms with van der Waals surface area (Å²) in [6.45, 7) is 13.2. The van der Waals surface area contributed by atoms with Gasteiger partial charge in [-0.3, -0.25) is 14.6 Å². The van der Waals surface area contributed by atoms with Crippen molar-refractivity contribution < 1.29 is 14.3 Å². The van der Waals surface area contributed by atoms with E-state index in [-0.39, 0.29) is 11.9 Å². The Balaban J connectivity index is 1.31. The highest BCUT2D eigenvalue weighted by molar-refractivity contribution is 5.72. The Labute approximate surface area is 152 Å². The number of piperidine rings is 1. The minimum absolute atomic E-state index is 0.00468. The van der Waals surface area contributed by atoms with Gasteiger partial charge in [-0.05, 0) is 39.2 Å². The first kappa shape index (κ1) is 19.1. The molecule has 0 aromatic heterocycles. The Kier molecular flexibility index (Phi) is 7.52. The molecule has 0 amide bonds. The zero-order valence-electron chi connectivity index (χ0n) is 15.8. The molecule has 0 saturated carbocycles. The maximum absolute atomic E-state index is 12.0. The highest BCUT2D eigenvalue weighted by atomic mass is 16.5. The topological polar surface area (TPSA) is 45.2 Å². The Morgan fingerprint density at radius 2 is 1.76 bits per heavy atom. The van der Waals surface area contributed by atoms with Crippen LogP contribution in [0.15, 0.2) is 0 Å². The van der Waals surface area contributed by atoms with Crippen molar-refractivity contribution >= 4 is 5.97 Å². The van der Waals surface area contributed by atoms with Crippen LogP contribution >= 0.6 is 0 Å². The van der Waals surface area contributed by atoms with E-state index >= 15 is 0 Å². The highest BCUT2D eigenvalue weighted by Gasteiger charge is 2.27. The number of esters is 1. The Morgan fingerprint density at radius 3 is 2.48 bits per heavy atom. The van der Waals surface area contributed by atoms with E-state index in [4.69, 9.17) is 9.47 Å². The second kappa shape index (κ2) is 9.86. The van der Waals surface area contributed by atoms with Gasteiger partial charge in [0.05, 0.1) is 18.6 Å². The van der Waals surface area contributed by atoms with Gasteiger partial charge in [0, 0.05) is 59.0 Å². The summed E-state index contributed by atoms with van der Waals surface area (Å²) in [5.41, 5.74) is 0. The van der Waals surface area contributed by atoms with Crippen molar-refractivity contribution in [2.75, 3.05) is 72.1 Å². The molecule has 3 rings (SSSR count). The third kappa shape index (κ3) is 5.91. The molecule has 144 valence electrons. The zero-order chi connectivity index (χ0) is 17.5. The van der Waals surface area contributed by atoms with Crippen LogP contribution in [0.4, 0.5) is 0 Å². The van der Waals surface area contributed by atoms with E-state index in [2.05, 4.69) is 14.7 Å². The molecule has 2 atom stereocenters. The molecule has 6 nitrogen and oxygen atoms in total. The summed E-state index contributed by atoms with van der Waals surface area (Å²) < 4.78 is 11.0. The number of piperazine rings is 1. The lowest BCUT2D eigenvalue weighted by Gasteiger charge is -2.37. The van der Waals surface area contributed by atoms with Gasteiger partial charge in [-0.2, -0.15) is 0 Å². The predicted octanol–water partition coefficient (Wildman–Crippen LogP) is 1.06. The molecule has 0 aliphatic carbocycles. The van der Waals surface area contributed by atoms with Crippen molar-refractivity contribution in [3.05, 3.63) is 0 Å². The Hall–Kier alpha value is -0.690. The lowest BCUT2D eigenvalue weighted by atomic mass is 9.98. The molecule has 3 aliphatic rings. The van der Waals surface area contributed by atoms with E-state index in [0.29, 0.717) is 12.7 Å². The summed E-state index contributed by atoms with van der Waals surface area (Å²) in [4.78, 5) is 19.5. The summed E-state index contributed by atoms with van der Waals surface area (Å²) in [6.07, 6.45) is 5.03. The summed E-state index contributed by atoms with van der Waals surface area (Å²) in [7, 11) is 0. The van der Waals surface area contributed by atoms with E-state index < -0.39 is 0 Å². The Morgan fingerprint density at radius 1 is 1.00 bits per heavy atom. The number of likely N-dealkylation sites (tertiary alicyclic amines) is 1. The number of carbonyl (C=O) groups is 1. The molecule has 3 fully saturated rings. The minimum atomic E-state index is -0.00468. The molecule has 0 bridgehead atoms. The quantitative estimate of drug-likeness (QED) is 0.638. The van der Waals surface area contributed by atoms with Crippen LogP contribution in [0, 0.1) is 5.92 Å². The number of hydrogen-bond acceptors (Lipinski definition) is 6. The fraction of sp³-hybridized carbons (Fsp3) is 0.947. The molecule has 3 heterocycles. The summed E-state index contributed by atoms with van der Waals surface area (Å²) >= 11 is 0. The molecular weight excluding hydrogens is 318 g/mol. The first-order valence-corrected chi connectivity index (χ1v) is 10.2. The summed E-state index contributed by atoms with van der Waals surface area (Å²) in [5.74, 6) is 0.0758. The molecule has 0 N–H and O–H groups in total. The number of nitrogens with zero attached hydrogens (tertiary/aromatic N) is 3. The first-order chi connectivity index (χ1) is 12.2. The van der Waals surface area contributed by atoms with Gasteiger partial charge in [0.1, 0.15) is 0 Å². The molecule has 3 saturated heterocycles. The molecule has 6 heteroatoms. The number of carbonyl (C=O) groups excluding carboxylic acids is 1. The predicted molar refractivity (Wildman–Crippen MR) is 97.7 cm³/mol. The average Bonchev–Trinajstić information content (AvgIpc) is 3.15. The lowest BCUT2D eigenvalue weighted by molar-refractivity contribution is -0.149. The third-order valence-electron chi connectivity index (χ3n) is 5.81. The van der Waals surface area contributed by atoms with Crippen molar-refractivity contribution in [1.82, 2.24) is 14.7 Å². The minimum Gasteiger partial charge on any atom is -0.466 e. The van der Waals surface area contributed by atoms with Crippen LogP contribution in [-0.4, -0.2) is 98.9 Å². The van der Waals surface area contributed by atoms with E-state index in [1.54, 1.807) is 0 Å². The van der Waals surface area contributed by atoms with E-state index in [1.165, 1.54) is 12.8 Å². The van der Waals surface area contributed by atoms with E-state index in [1.807, 2.05) is 6.92 Å². The van der Waals surface area contributed by atoms with Crippen molar-refractivity contribution in [3.63, 3.8) is 0 Å². The van der Waals surface area contributed by atoms with Crippen molar-refractivity contribution in [2.24, 2.45) is 5.92 Å². The van der Waals surface area contributed by atoms with Crippen LogP contribution in [0.25, 0.3) is 0 Å². The molecule has 0 aromatic rings. The molecule has 0 radical (unpaired) electrons. The van der Waals surface area contributed by atoms with Gasteiger partial charge in [0.15, 0.2) is 0 Å². The van der Waals surface area contributed by atoms with Crippen molar-refractivity contribution in [3.8, 4) is 0 Å². The van der Waals surface area contributed by atoms with Gasteiger partial charge in [-0.1, -0.05) is 0 Å². The molecule has 0 spiro atoms. The van der Waals surface area contributed by atoms with Crippen LogP contribution in [-0.2, 0) is 14.3 Å². The standard InChI is InChI=1S/C19H35N3O3/c1-2-24-19(23)17-5-3-7-21(15-17)11-8-20-9-12-22(13-10-20)16-18-6-4-14-25-18/h17-18H,2-16H2,1H3. The lowest BCUT2D eigenvalue weighted by Crippen LogP contribution is -2.50. The number of ether oxygens (including phenoxy) is 2. The second-order valence-electron chi connectivity index (χ2n) is 7.67. The number of hydrogen-bond donors (Lipinski definition) is 0. The van der Waals surface area contributed by atoms with Crippen LogP contribution in [0.2, 0.25) is 0 Å². The smallest absolute Gasteiger partial charge is 0.310 e. The first-order valence-electron chi connectivity index (χ1n) is 10.2. The van der Waals surface area contributed by atoms with E-state index in [0.717, 1.165) is 78.4 Å². The largest absolute Gasteiger partial charge is 0.466 e. The highest BCUT2D eigenvalue weighted by Crippen LogP contribution is 2.18. The van der Waals surface area contributed by atoms with Gasteiger partial charge >= 0.3 is 5.97 Å².